The van der Waals surface area contributed by atoms with E-state index in [0.29, 0.717) is 34.9 Å². The number of halogens is 2. The van der Waals surface area contributed by atoms with Crippen LogP contribution in [0.4, 0.5) is 4.39 Å². The van der Waals surface area contributed by atoms with E-state index in [1.807, 2.05) is 6.07 Å². The van der Waals surface area contributed by atoms with Crippen LogP contribution in [-0.4, -0.2) is 26.0 Å². The molecule has 0 fully saturated rings. The Morgan fingerprint density at radius 1 is 1.35 bits per heavy atom. The third-order valence-corrected chi connectivity index (χ3v) is 4.54. The van der Waals surface area contributed by atoms with Crippen LogP contribution in [0.3, 0.4) is 0 Å². The van der Waals surface area contributed by atoms with Crippen LogP contribution in [0.25, 0.3) is 11.5 Å². The molecule has 0 N–H and O–H groups in total. The number of carbonyl (C=O) groups excluding carboxylic acids is 1. The minimum absolute atomic E-state index is 0.0850. The fraction of sp³-hybridized carbons (Fsp3) is 0.222. The van der Waals surface area contributed by atoms with E-state index in [1.54, 1.807) is 35.4 Å². The second-order valence-corrected chi connectivity index (χ2v) is 6.43. The van der Waals surface area contributed by atoms with Crippen LogP contribution in [0.2, 0.25) is 5.02 Å². The molecule has 1 amide bonds. The fourth-order valence-corrected chi connectivity index (χ4v) is 3.03. The highest BCUT2D eigenvalue weighted by molar-refractivity contribution is 6.31. The quantitative estimate of drug-likeness (QED) is 0.692. The summed E-state index contributed by atoms with van der Waals surface area (Å²) in [5, 5.41) is 8.05. The van der Waals surface area contributed by atoms with Gasteiger partial charge in [0.1, 0.15) is 0 Å². The van der Waals surface area contributed by atoms with Crippen molar-refractivity contribution in [2.75, 3.05) is 0 Å². The highest BCUT2D eigenvalue weighted by Gasteiger charge is 2.29. The zero-order valence-corrected chi connectivity index (χ0v) is 14.6. The van der Waals surface area contributed by atoms with Crippen molar-refractivity contribution in [3.63, 3.8) is 0 Å². The molecule has 0 saturated heterocycles. The SMILES string of the molecule is CC(F)c1nnc(-c2ccc3c(c2)C(=O)N(Cc2ncccc2Cl)C3)o1. The van der Waals surface area contributed by atoms with E-state index in [-0.39, 0.29) is 17.7 Å². The number of amides is 1. The lowest BCUT2D eigenvalue weighted by atomic mass is 10.1. The molecule has 0 bridgehead atoms. The van der Waals surface area contributed by atoms with E-state index in [4.69, 9.17) is 16.0 Å². The molecule has 0 aliphatic carbocycles. The third-order valence-electron chi connectivity index (χ3n) is 4.19. The van der Waals surface area contributed by atoms with Crippen molar-refractivity contribution in [1.29, 1.82) is 0 Å². The van der Waals surface area contributed by atoms with E-state index in [0.717, 1.165) is 5.56 Å². The average molecular weight is 373 g/mol. The maximum absolute atomic E-state index is 13.3. The van der Waals surface area contributed by atoms with Crippen LogP contribution in [0.5, 0.6) is 0 Å². The molecule has 0 saturated carbocycles. The Balaban J connectivity index is 1.60. The van der Waals surface area contributed by atoms with Crippen LogP contribution in [0.1, 0.15) is 40.6 Å². The highest BCUT2D eigenvalue weighted by atomic mass is 35.5. The minimum atomic E-state index is -1.34. The second-order valence-electron chi connectivity index (χ2n) is 6.03. The van der Waals surface area contributed by atoms with Crippen molar-refractivity contribution in [2.24, 2.45) is 0 Å². The number of hydrogen-bond acceptors (Lipinski definition) is 5. The number of rotatable bonds is 4. The van der Waals surface area contributed by atoms with Gasteiger partial charge in [-0.15, -0.1) is 10.2 Å². The fourth-order valence-electron chi connectivity index (χ4n) is 2.85. The van der Waals surface area contributed by atoms with Gasteiger partial charge in [0, 0.05) is 23.9 Å². The van der Waals surface area contributed by atoms with Crippen LogP contribution >= 0.6 is 11.6 Å². The molecule has 26 heavy (non-hydrogen) atoms. The number of alkyl halides is 1. The van der Waals surface area contributed by atoms with Crippen LogP contribution < -0.4 is 0 Å². The van der Waals surface area contributed by atoms with E-state index in [1.165, 1.54) is 6.92 Å². The first-order chi connectivity index (χ1) is 12.5. The van der Waals surface area contributed by atoms with Gasteiger partial charge in [0.15, 0.2) is 6.17 Å². The molecule has 8 heteroatoms. The van der Waals surface area contributed by atoms with Crippen molar-refractivity contribution < 1.29 is 13.6 Å². The molecular weight excluding hydrogens is 359 g/mol. The number of nitrogens with zero attached hydrogens (tertiary/aromatic N) is 4. The minimum Gasteiger partial charge on any atom is -0.418 e. The van der Waals surface area contributed by atoms with Crippen molar-refractivity contribution in [3.05, 3.63) is 64.3 Å². The Labute approximate surface area is 153 Å². The van der Waals surface area contributed by atoms with Crippen LogP contribution in [0, 0.1) is 0 Å². The summed E-state index contributed by atoms with van der Waals surface area (Å²) in [5.74, 6) is -0.0215. The zero-order valence-electron chi connectivity index (χ0n) is 13.8. The van der Waals surface area contributed by atoms with Gasteiger partial charge in [-0.3, -0.25) is 9.78 Å². The molecule has 0 radical (unpaired) electrons. The smallest absolute Gasteiger partial charge is 0.254 e. The van der Waals surface area contributed by atoms with Gasteiger partial charge in [-0.1, -0.05) is 17.7 Å². The maximum Gasteiger partial charge on any atom is 0.254 e. The number of benzene rings is 1. The Morgan fingerprint density at radius 2 is 2.19 bits per heavy atom. The Morgan fingerprint density at radius 3 is 2.92 bits per heavy atom. The summed E-state index contributed by atoms with van der Waals surface area (Å²) in [4.78, 5) is 18.6. The number of aromatic nitrogens is 3. The van der Waals surface area contributed by atoms with Crippen molar-refractivity contribution in [1.82, 2.24) is 20.1 Å². The standard InChI is InChI=1S/C18H14ClFN4O2/c1-10(20)16-22-23-17(26-16)11-4-5-12-8-24(18(25)13(12)7-11)9-15-14(19)3-2-6-21-15/h2-7,10H,8-9H2,1H3. The van der Waals surface area contributed by atoms with Gasteiger partial charge in [0.25, 0.3) is 11.8 Å². The molecule has 1 atom stereocenters. The van der Waals surface area contributed by atoms with Crippen LogP contribution in [0.15, 0.2) is 40.9 Å². The lowest BCUT2D eigenvalue weighted by molar-refractivity contribution is 0.0765. The predicted molar refractivity (Wildman–Crippen MR) is 92.1 cm³/mol. The van der Waals surface area contributed by atoms with Gasteiger partial charge >= 0.3 is 0 Å². The van der Waals surface area contributed by atoms with E-state index in [9.17, 15) is 9.18 Å². The first-order valence-electron chi connectivity index (χ1n) is 8.02. The van der Waals surface area contributed by atoms with Gasteiger partial charge in [-0.2, -0.15) is 0 Å². The molecular formula is C18H14ClFN4O2. The summed E-state index contributed by atoms with van der Waals surface area (Å²) >= 11 is 6.14. The Hall–Kier alpha value is -2.80. The molecule has 132 valence electrons. The summed E-state index contributed by atoms with van der Waals surface area (Å²) in [6.07, 6.45) is 0.303. The summed E-state index contributed by atoms with van der Waals surface area (Å²) in [7, 11) is 0. The molecule has 1 aliphatic rings. The summed E-state index contributed by atoms with van der Waals surface area (Å²) < 4.78 is 18.6. The van der Waals surface area contributed by atoms with Crippen molar-refractivity contribution in [2.45, 2.75) is 26.2 Å². The van der Waals surface area contributed by atoms with E-state index >= 15 is 0 Å². The number of hydrogen-bond donors (Lipinski definition) is 0. The summed E-state index contributed by atoms with van der Waals surface area (Å²) in [6, 6.07) is 8.80. The van der Waals surface area contributed by atoms with Crippen molar-refractivity contribution >= 4 is 17.5 Å². The van der Waals surface area contributed by atoms with E-state index < -0.39 is 6.17 Å². The Kier molecular flexibility index (Phi) is 4.16. The van der Waals surface area contributed by atoms with Crippen molar-refractivity contribution in [3.8, 4) is 11.5 Å². The summed E-state index contributed by atoms with van der Waals surface area (Å²) in [5.41, 5.74) is 2.68. The first kappa shape index (κ1) is 16.7. The van der Waals surface area contributed by atoms with Gasteiger partial charge in [-0.25, -0.2) is 4.39 Å². The first-order valence-corrected chi connectivity index (χ1v) is 8.40. The number of carbonyl (C=O) groups is 1. The van der Waals surface area contributed by atoms with Gasteiger partial charge in [0.05, 0.1) is 17.3 Å². The molecule has 3 aromatic rings. The maximum atomic E-state index is 13.3. The predicted octanol–water partition coefficient (Wildman–Crippen LogP) is 3.97. The van der Waals surface area contributed by atoms with Gasteiger partial charge in [0.2, 0.25) is 5.89 Å². The number of fused-ring (bicyclic) bond motifs is 1. The van der Waals surface area contributed by atoms with E-state index in [2.05, 4.69) is 15.2 Å². The lowest BCUT2D eigenvalue weighted by Crippen LogP contribution is -2.23. The summed E-state index contributed by atoms with van der Waals surface area (Å²) in [6.45, 7) is 2.12. The molecule has 6 nitrogen and oxygen atoms in total. The zero-order chi connectivity index (χ0) is 18.3. The highest BCUT2D eigenvalue weighted by Crippen LogP contribution is 2.30. The monoisotopic (exact) mass is 372 g/mol. The molecule has 1 unspecified atom stereocenters. The second kappa shape index (κ2) is 6.49. The van der Waals surface area contributed by atoms with Gasteiger partial charge < -0.3 is 9.32 Å². The van der Waals surface area contributed by atoms with Crippen LogP contribution in [-0.2, 0) is 13.1 Å². The molecule has 4 rings (SSSR count). The molecule has 0 spiro atoms. The average Bonchev–Trinajstić information content (AvgIpc) is 3.23. The topological polar surface area (TPSA) is 72.1 Å². The lowest BCUT2D eigenvalue weighted by Gasteiger charge is -2.15. The molecule has 2 aromatic heterocycles. The normalized spacial score (nSPS) is 14.6. The number of pyridine rings is 1. The molecule has 3 heterocycles. The molecule has 1 aromatic carbocycles. The van der Waals surface area contributed by atoms with Gasteiger partial charge in [-0.05, 0) is 36.8 Å². The molecule has 1 aliphatic heterocycles. The Bertz CT molecular complexity index is 989. The third kappa shape index (κ3) is 2.94. The largest absolute Gasteiger partial charge is 0.418 e.